The molecule has 0 bridgehead atoms. The third kappa shape index (κ3) is 15.6. The van der Waals surface area contributed by atoms with E-state index >= 15 is 0 Å². The third-order valence-corrected chi connectivity index (χ3v) is 34.5. The zero-order valence-corrected chi connectivity index (χ0v) is 84.9. The number of ether oxygens (including phenoxy) is 5. The topological polar surface area (TPSA) is 484 Å². The molecule has 6 fully saturated rings. The van der Waals surface area contributed by atoms with Gasteiger partial charge in [-0.2, -0.15) is 44.4 Å². The van der Waals surface area contributed by atoms with Gasteiger partial charge in [0.15, 0.2) is 52.3 Å². The first-order chi connectivity index (χ1) is 68.5. The van der Waals surface area contributed by atoms with E-state index in [4.69, 9.17) is 48.1 Å². The standard InChI is InChI=1S/C21H28N8O2.C20H23N9O.C20H26N8O2.C19H24N8O.C17H24N4O3/c1-13-15-5-6-16-17(20(15,2)7-8-21(13)30-9-10-31-21)23-18(14-11-22-27(3)12-14)29(16)19-24-26-28(4)25-19;1-11-14-5-6-15-17(20(14,2)7-12-9-22-30-16(11)12)23-18(13-8-21-27(3)10-13)29(15)19-24-26-28(4)25-19;1-11-13-6-7-14-17(20(13,2)8-15(30-5)16(11)29)22-18(12-9-21-26(3)10-12)28(14)19-23-25-27(4)24-19;1-11-13-5-6-14-16(19(13,2)8-7-15(11)28)21-17(12-9-20-25(3)10-12)27(14)18-22-24-26(4)23-18;1-11-13-5-4-12(10-14-18-20-21(3)19-14)15(22)16(13,2)6-7-17(11)23-8-9-24-17/h11-13,15H,5-10H2,1-4H3;8-11,14H,5-7H2,1-4H3;9-11,13,15H,6-8H2,1-5H3;9-11,13H,5-8H2,1-4H3;4,11,13H,5-10H2,1-3H3/t13-,15-,20-;11-,14-,20-;11-,13-,15?,20-;11-,13-,19-;11-,13-,16-/m00000/s1. The molecule has 12 aliphatic rings. The lowest BCUT2D eigenvalue weighted by molar-refractivity contribution is -0.239. The van der Waals surface area contributed by atoms with E-state index in [0.717, 1.165) is 193 Å². The second-order valence-corrected chi connectivity index (χ2v) is 42.8. The fourth-order valence-corrected chi connectivity index (χ4v) is 27.2. The van der Waals surface area contributed by atoms with Crippen LogP contribution in [0, 0.1) is 58.7 Å². The van der Waals surface area contributed by atoms with Crippen molar-refractivity contribution in [1.29, 1.82) is 0 Å². The molecule has 2 spiro atoms. The van der Waals surface area contributed by atoms with Crippen LogP contribution in [0.4, 0.5) is 0 Å². The highest BCUT2D eigenvalue weighted by molar-refractivity contribution is 6.01. The van der Waals surface area contributed by atoms with E-state index in [1.165, 1.54) is 35.2 Å². The molecule has 10 aliphatic carbocycles. The number of carbonyl (C=O) groups excluding carboxylic acids is 3. The van der Waals surface area contributed by atoms with Crippen LogP contribution in [0.1, 0.15) is 215 Å². The summed E-state index contributed by atoms with van der Waals surface area (Å²) >= 11 is 0. The predicted molar refractivity (Wildman–Crippen MR) is 509 cm³/mol. The fourth-order valence-electron chi connectivity index (χ4n) is 27.2. The Morgan fingerprint density at radius 3 is 1.18 bits per heavy atom. The molecular formula is C97H125N37O9. The molecular weight excluding hydrogens is 1830 g/mol. The molecule has 752 valence electrons. The summed E-state index contributed by atoms with van der Waals surface area (Å²) in [5, 5.41) is 84.7. The third-order valence-electron chi connectivity index (χ3n) is 34.5. The van der Waals surface area contributed by atoms with E-state index in [0.29, 0.717) is 111 Å². The van der Waals surface area contributed by atoms with Gasteiger partial charge in [0.1, 0.15) is 17.6 Å². The number of nitrogens with zero attached hydrogens (tertiary/aromatic N) is 37. The maximum Gasteiger partial charge on any atom is 0.276 e. The average Bonchev–Trinajstić information content (AvgIpc) is 1.48. The first-order valence-electron chi connectivity index (χ1n) is 50.0. The minimum absolute atomic E-state index is 0.0576. The van der Waals surface area contributed by atoms with Gasteiger partial charge in [-0.1, -0.05) is 101 Å². The smallest absolute Gasteiger partial charge is 0.276 e. The Labute approximate surface area is 824 Å². The van der Waals surface area contributed by atoms with Crippen molar-refractivity contribution in [3.05, 3.63) is 130 Å². The number of methoxy groups -OCH3 is 1. The molecule has 14 aromatic heterocycles. The lowest BCUT2D eigenvalue weighted by atomic mass is 9.55. The Hall–Kier alpha value is -13.2. The lowest BCUT2D eigenvalue weighted by Crippen LogP contribution is -2.55. The summed E-state index contributed by atoms with van der Waals surface area (Å²) in [6.07, 6.45) is 33.8. The van der Waals surface area contributed by atoms with Crippen LogP contribution in [-0.2, 0) is 162 Å². The molecule has 0 radical (unpaired) electrons. The summed E-state index contributed by atoms with van der Waals surface area (Å²) in [6, 6.07) is 0. The van der Waals surface area contributed by atoms with E-state index in [-0.39, 0.29) is 68.2 Å². The number of imidazole rings is 4. The van der Waals surface area contributed by atoms with Gasteiger partial charge >= 0.3 is 0 Å². The van der Waals surface area contributed by atoms with Crippen LogP contribution in [0.15, 0.2) is 71.9 Å². The second kappa shape index (κ2) is 35.4. The molecule has 0 aromatic carbocycles. The minimum atomic E-state index is -0.484. The molecule has 4 saturated carbocycles. The summed E-state index contributed by atoms with van der Waals surface area (Å²) in [7, 11) is 18.0. The van der Waals surface area contributed by atoms with Crippen molar-refractivity contribution in [2.75, 3.05) is 33.5 Å². The minimum Gasteiger partial charge on any atom is -0.374 e. The van der Waals surface area contributed by atoms with Gasteiger partial charge in [-0.25, -0.2) is 19.9 Å². The van der Waals surface area contributed by atoms with Gasteiger partial charge in [-0.05, 0) is 151 Å². The highest BCUT2D eigenvalue weighted by Gasteiger charge is 2.62. The largest absolute Gasteiger partial charge is 0.374 e. The summed E-state index contributed by atoms with van der Waals surface area (Å²) in [6.45, 7) is 24.8. The Bertz CT molecular complexity index is 7230. The van der Waals surface area contributed by atoms with Gasteiger partial charge in [-0.3, -0.25) is 51.4 Å². The molecule has 1 unspecified atom stereocenters. The Kier molecular flexibility index (Phi) is 23.4. The maximum atomic E-state index is 13.2. The number of tetrazole rings is 5. The highest BCUT2D eigenvalue weighted by Crippen LogP contribution is 2.61. The highest BCUT2D eigenvalue weighted by atomic mass is 16.7. The molecule has 0 amide bonds. The predicted octanol–water partition coefficient (Wildman–Crippen LogP) is 8.06. The van der Waals surface area contributed by atoms with Crippen LogP contribution in [0.2, 0.25) is 0 Å². The quantitative estimate of drug-likeness (QED) is 0.118. The first kappa shape index (κ1) is 94.7. The summed E-state index contributed by atoms with van der Waals surface area (Å²) < 4.78 is 50.7. The molecule has 26 rings (SSSR count). The number of hydrogen-bond donors (Lipinski definition) is 0. The zero-order valence-electron chi connectivity index (χ0n) is 84.9. The van der Waals surface area contributed by atoms with E-state index in [1.54, 1.807) is 67.3 Å². The van der Waals surface area contributed by atoms with Crippen molar-refractivity contribution in [2.24, 2.45) is 122 Å². The van der Waals surface area contributed by atoms with Crippen LogP contribution in [0.25, 0.3) is 69.3 Å². The van der Waals surface area contributed by atoms with Gasteiger partial charge in [0.05, 0.1) is 143 Å². The number of hydrogen-bond acceptors (Lipinski definition) is 33. The van der Waals surface area contributed by atoms with Crippen LogP contribution in [0.5, 0.6) is 0 Å². The van der Waals surface area contributed by atoms with Crippen molar-refractivity contribution in [2.45, 2.75) is 230 Å². The summed E-state index contributed by atoms with van der Waals surface area (Å²) in [5.41, 5.74) is 13.7. The number of carbonyl (C=O) groups is 3. The van der Waals surface area contributed by atoms with Crippen LogP contribution < -0.4 is 0 Å². The summed E-state index contributed by atoms with van der Waals surface area (Å²) in [4.78, 5) is 66.4. The molecule has 16 heterocycles. The molecule has 16 atom stereocenters. The SMILES string of the molecule is COC1C[C@]2(C)c3nc(-c4cnn(C)c4)n(-c4nnn(C)n4)c3CC[C@H]2[C@H](C)C1=O.C[C@@H]1C(=O)CC[C@]2(C)c3nc(-c4cnn(C)c4)n(-c4nnn(C)n4)c3CC[C@@H]12.C[C@@H]1c2oncc2C[C@]2(C)c3nc(-c4cnn(C)c4)n(-c4nnn(C)n4)c3CC[C@@H]12.C[C@H]1[C@@H]2CC=C(Cc3nnn(C)n3)C(=O)[C@@]2(C)CCC12OCCO2.C[C@H]1[C@@H]2CCc3c(nc(-c4cnn(C)c4)n3-c3nnn(C)n3)[C@@]2(C)CCC12OCCO2. The molecule has 46 heteroatoms. The monoisotopic (exact) mass is 1950 g/mol. The Balaban J connectivity index is 0.000000102. The second-order valence-electron chi connectivity index (χ2n) is 42.8. The van der Waals surface area contributed by atoms with E-state index in [1.807, 2.05) is 93.8 Å². The molecule has 14 aromatic rings. The number of aromatic nitrogens is 37. The maximum absolute atomic E-state index is 13.2. The Morgan fingerprint density at radius 1 is 0.406 bits per heavy atom. The number of aryl methyl sites for hydroxylation is 9. The fraction of sp³-hybridized carbons (Fsp3) is 0.619. The van der Waals surface area contributed by atoms with Crippen LogP contribution in [-0.4, -0.2) is 252 Å². The van der Waals surface area contributed by atoms with Crippen molar-refractivity contribution in [3.63, 3.8) is 0 Å². The van der Waals surface area contributed by atoms with Gasteiger partial charge in [0.25, 0.3) is 23.8 Å². The molecule has 2 saturated heterocycles. The van der Waals surface area contributed by atoms with Crippen molar-refractivity contribution in [1.82, 2.24) is 184 Å². The molecule has 0 N–H and O–H groups in total. The first-order valence-corrected chi connectivity index (χ1v) is 50.0. The van der Waals surface area contributed by atoms with Gasteiger partial charge in [0, 0.05) is 165 Å². The molecule has 46 nitrogen and oxygen atoms in total. The van der Waals surface area contributed by atoms with E-state index < -0.39 is 17.7 Å². The summed E-state index contributed by atoms with van der Waals surface area (Å²) in [5.74, 6) is 9.32. The lowest BCUT2D eigenvalue weighted by Gasteiger charge is -2.53. The number of Topliss-reactive ketones (excluding diaryl/α,β-unsaturated/α-hetero) is 3. The van der Waals surface area contributed by atoms with Crippen molar-refractivity contribution < 1.29 is 42.6 Å². The average molecular weight is 1950 g/mol. The molecule has 2 aliphatic heterocycles. The van der Waals surface area contributed by atoms with Crippen molar-refractivity contribution >= 4 is 17.3 Å². The van der Waals surface area contributed by atoms with Crippen LogP contribution in [0.3, 0.4) is 0 Å². The number of ketones is 3. The van der Waals surface area contributed by atoms with Gasteiger partial charge in [0.2, 0.25) is 0 Å². The van der Waals surface area contributed by atoms with Crippen LogP contribution >= 0.6 is 0 Å². The van der Waals surface area contributed by atoms with Crippen molar-refractivity contribution in [3.8, 4) is 69.3 Å². The van der Waals surface area contributed by atoms with Gasteiger partial charge in [-0.15, -0.1) is 30.6 Å². The number of rotatable bonds is 11. The van der Waals surface area contributed by atoms with E-state index in [9.17, 15) is 14.4 Å². The Morgan fingerprint density at radius 2 is 0.783 bits per heavy atom. The normalized spacial score (nSPS) is 28.7. The number of allylic oxidation sites excluding steroid dienone is 2. The van der Waals surface area contributed by atoms with Gasteiger partial charge < -0.3 is 28.2 Å². The van der Waals surface area contributed by atoms with E-state index in [2.05, 4.69) is 180 Å². The number of fused-ring (bicyclic) bond motifs is 14. The molecule has 143 heavy (non-hydrogen) atoms. The zero-order chi connectivity index (χ0) is 99.8.